The van der Waals surface area contributed by atoms with E-state index in [1.54, 1.807) is 35.9 Å². The maximum absolute atomic E-state index is 12.7. The molecule has 12 nitrogen and oxygen atoms in total. The lowest BCUT2D eigenvalue weighted by atomic mass is 10.0. The number of β-amino-alcohol motifs (C(OH)–C–C–N with tert-alkyl or cyclic N) is 1. The van der Waals surface area contributed by atoms with Gasteiger partial charge in [-0.15, -0.1) is 0 Å². The van der Waals surface area contributed by atoms with Gasteiger partial charge in [0, 0.05) is 58.1 Å². The first kappa shape index (κ1) is 26.7. The number of piperazine rings is 1. The molecular formula is C25H36N8O4. The molecule has 2 aromatic rings. The molecule has 0 spiro atoms. The van der Waals surface area contributed by atoms with Crippen LogP contribution in [-0.2, 0) is 11.3 Å². The van der Waals surface area contributed by atoms with E-state index in [1.807, 2.05) is 24.3 Å². The Hall–Kier alpha value is -3.32. The van der Waals surface area contributed by atoms with E-state index in [1.165, 1.54) is 4.57 Å². The van der Waals surface area contributed by atoms with Gasteiger partial charge in [0.25, 0.3) is 0 Å². The molecule has 12 heteroatoms. The fourth-order valence-electron chi connectivity index (χ4n) is 4.56. The molecule has 0 bridgehead atoms. The third-order valence-electron chi connectivity index (χ3n) is 6.78. The number of nitrogens with one attached hydrogen (secondary N) is 1. The number of piperidine rings is 1. The van der Waals surface area contributed by atoms with Crippen molar-refractivity contribution in [2.75, 3.05) is 44.6 Å². The number of hydrogen-bond acceptors (Lipinski definition) is 8. The zero-order chi connectivity index (χ0) is 26.7. The summed E-state index contributed by atoms with van der Waals surface area (Å²) in [4.78, 5) is 47.0. The Balaban J connectivity index is 1.32. The molecule has 3 amide bonds. The predicted octanol–water partition coefficient (Wildman–Crippen LogP) is -0.460. The van der Waals surface area contributed by atoms with E-state index in [0.717, 1.165) is 18.5 Å². The molecule has 4 rings (SSSR count). The fraction of sp³-hybridized carbons (Fsp3) is 0.520. The summed E-state index contributed by atoms with van der Waals surface area (Å²) >= 11 is 0. The number of rotatable bonds is 5. The lowest BCUT2D eigenvalue weighted by Crippen LogP contribution is -2.58. The van der Waals surface area contributed by atoms with E-state index in [4.69, 9.17) is 11.5 Å². The van der Waals surface area contributed by atoms with Gasteiger partial charge in [0.05, 0.1) is 17.3 Å². The zero-order valence-electron chi connectivity index (χ0n) is 21.3. The number of likely N-dealkylation sites (tertiary alicyclic amines) is 1. The molecule has 1 aromatic carbocycles. The van der Waals surface area contributed by atoms with Crippen molar-refractivity contribution in [1.29, 1.82) is 0 Å². The van der Waals surface area contributed by atoms with Gasteiger partial charge in [-0.3, -0.25) is 19.6 Å². The first-order chi connectivity index (χ1) is 17.5. The molecule has 2 fully saturated rings. The number of benzene rings is 1. The Morgan fingerprint density at radius 2 is 1.73 bits per heavy atom. The quantitative estimate of drug-likeness (QED) is 0.418. The SMILES string of the molecule is CC(C)(N)C(=O)N1CCN(C(=O)Nc2ccn(-c3ccc(CN4CC[C@H](N)[C@H](O)C4)cc3)c(=O)n2)CC1. The number of urea groups is 1. The van der Waals surface area contributed by atoms with E-state index in [2.05, 4.69) is 15.2 Å². The molecule has 0 aliphatic carbocycles. The van der Waals surface area contributed by atoms with Gasteiger partial charge in [-0.2, -0.15) is 4.98 Å². The van der Waals surface area contributed by atoms with Gasteiger partial charge in [0.1, 0.15) is 5.82 Å². The number of aliphatic hydroxyl groups excluding tert-OH is 1. The van der Waals surface area contributed by atoms with Crippen molar-refractivity contribution in [1.82, 2.24) is 24.3 Å². The second-order valence-corrected chi connectivity index (χ2v) is 10.3. The van der Waals surface area contributed by atoms with Gasteiger partial charge < -0.3 is 26.4 Å². The largest absolute Gasteiger partial charge is 0.390 e. The van der Waals surface area contributed by atoms with E-state index >= 15 is 0 Å². The lowest BCUT2D eigenvalue weighted by molar-refractivity contribution is -0.137. The second-order valence-electron chi connectivity index (χ2n) is 10.3. The minimum absolute atomic E-state index is 0.152. The maximum Gasteiger partial charge on any atom is 0.354 e. The summed E-state index contributed by atoms with van der Waals surface area (Å²) < 4.78 is 1.40. The summed E-state index contributed by atoms with van der Waals surface area (Å²) in [5, 5.41) is 12.7. The molecule has 200 valence electrons. The number of amides is 3. The molecule has 3 heterocycles. The minimum atomic E-state index is -0.954. The van der Waals surface area contributed by atoms with Crippen LogP contribution < -0.4 is 22.5 Å². The van der Waals surface area contributed by atoms with Crippen LogP contribution in [0, 0.1) is 0 Å². The minimum Gasteiger partial charge on any atom is -0.390 e. The summed E-state index contributed by atoms with van der Waals surface area (Å²) in [5.41, 5.74) is 12.0. The van der Waals surface area contributed by atoms with Crippen molar-refractivity contribution in [3.05, 3.63) is 52.6 Å². The predicted molar refractivity (Wildman–Crippen MR) is 139 cm³/mol. The highest BCUT2D eigenvalue weighted by Crippen LogP contribution is 2.16. The summed E-state index contributed by atoms with van der Waals surface area (Å²) in [6.07, 6.45) is 1.81. The highest BCUT2D eigenvalue weighted by Gasteiger charge is 2.31. The van der Waals surface area contributed by atoms with Gasteiger partial charge in [-0.25, -0.2) is 9.59 Å². The lowest BCUT2D eigenvalue weighted by Gasteiger charge is -2.37. The Bertz CT molecular complexity index is 1170. The van der Waals surface area contributed by atoms with E-state index in [0.29, 0.717) is 45.0 Å². The van der Waals surface area contributed by atoms with Gasteiger partial charge in [0.15, 0.2) is 0 Å². The number of anilines is 1. The summed E-state index contributed by atoms with van der Waals surface area (Å²) in [6.45, 7) is 6.89. The van der Waals surface area contributed by atoms with Crippen LogP contribution in [0.15, 0.2) is 41.3 Å². The van der Waals surface area contributed by atoms with Crippen LogP contribution >= 0.6 is 0 Å². The molecule has 0 unspecified atom stereocenters. The smallest absolute Gasteiger partial charge is 0.354 e. The number of carbonyl (C=O) groups is 2. The zero-order valence-corrected chi connectivity index (χ0v) is 21.3. The van der Waals surface area contributed by atoms with Gasteiger partial charge >= 0.3 is 11.7 Å². The Morgan fingerprint density at radius 3 is 2.32 bits per heavy atom. The van der Waals surface area contributed by atoms with Gasteiger partial charge in [-0.1, -0.05) is 12.1 Å². The molecule has 2 saturated heterocycles. The standard InChI is InChI=1S/C25H36N8O4/c1-25(2,27)22(35)31-11-13-32(14-12-31)23(36)28-21-8-10-33(24(37)29-21)18-5-3-17(4-6-18)15-30-9-7-19(26)20(34)16-30/h3-6,8,10,19-20,34H,7,9,11-16,26-27H2,1-2H3,(H,28,29,36,37)/t19-,20+/m0/s1. The van der Waals surface area contributed by atoms with Crippen LogP contribution in [0.25, 0.3) is 5.69 Å². The topological polar surface area (TPSA) is 163 Å². The summed E-state index contributed by atoms with van der Waals surface area (Å²) in [7, 11) is 0. The monoisotopic (exact) mass is 512 g/mol. The molecule has 2 aliphatic rings. The Kier molecular flexibility index (Phi) is 7.93. The second kappa shape index (κ2) is 11.0. The maximum atomic E-state index is 12.7. The molecule has 2 aliphatic heterocycles. The average molecular weight is 513 g/mol. The van der Waals surface area contributed by atoms with Crippen LogP contribution in [0.2, 0.25) is 0 Å². The van der Waals surface area contributed by atoms with Crippen molar-refractivity contribution in [3.63, 3.8) is 0 Å². The molecular weight excluding hydrogens is 476 g/mol. The number of nitrogens with two attached hydrogens (primary N) is 2. The number of aliphatic hydroxyl groups is 1. The highest BCUT2D eigenvalue weighted by atomic mass is 16.3. The van der Waals surface area contributed by atoms with E-state index < -0.39 is 17.3 Å². The fourth-order valence-corrected chi connectivity index (χ4v) is 4.56. The van der Waals surface area contributed by atoms with Crippen LogP contribution in [-0.4, -0.2) is 98.2 Å². The molecule has 0 saturated carbocycles. The molecule has 6 N–H and O–H groups in total. The van der Waals surface area contributed by atoms with Gasteiger partial charge in [0.2, 0.25) is 5.91 Å². The van der Waals surface area contributed by atoms with E-state index in [9.17, 15) is 19.5 Å². The Morgan fingerprint density at radius 1 is 1.08 bits per heavy atom. The first-order valence-corrected chi connectivity index (χ1v) is 12.5. The van der Waals surface area contributed by atoms with Crippen LogP contribution in [0.1, 0.15) is 25.8 Å². The number of aromatic nitrogens is 2. The normalized spacial score (nSPS) is 21.1. The van der Waals surface area contributed by atoms with Crippen molar-refractivity contribution in [2.24, 2.45) is 11.5 Å². The third-order valence-corrected chi connectivity index (χ3v) is 6.78. The third kappa shape index (κ3) is 6.52. The molecule has 1 aromatic heterocycles. The molecule has 37 heavy (non-hydrogen) atoms. The van der Waals surface area contributed by atoms with Crippen molar-refractivity contribution >= 4 is 17.8 Å². The summed E-state index contributed by atoms with van der Waals surface area (Å²) in [6, 6.07) is 8.58. The number of carbonyl (C=O) groups excluding carboxylic acids is 2. The van der Waals surface area contributed by atoms with Crippen LogP contribution in [0.5, 0.6) is 0 Å². The Labute approximate surface area is 215 Å². The number of nitrogens with zero attached hydrogens (tertiary/aromatic N) is 5. The molecule has 0 radical (unpaired) electrons. The average Bonchev–Trinajstić information content (AvgIpc) is 2.86. The van der Waals surface area contributed by atoms with Gasteiger partial charge in [-0.05, 0) is 44.0 Å². The first-order valence-electron chi connectivity index (χ1n) is 12.5. The van der Waals surface area contributed by atoms with Crippen LogP contribution in [0.4, 0.5) is 10.6 Å². The van der Waals surface area contributed by atoms with Crippen molar-refractivity contribution in [3.8, 4) is 5.69 Å². The molecule has 2 atom stereocenters. The van der Waals surface area contributed by atoms with Crippen molar-refractivity contribution < 1.29 is 14.7 Å². The summed E-state index contributed by atoms with van der Waals surface area (Å²) in [5.74, 6) is 0.00669. The van der Waals surface area contributed by atoms with Crippen LogP contribution in [0.3, 0.4) is 0 Å². The van der Waals surface area contributed by atoms with E-state index in [-0.39, 0.29) is 23.8 Å². The number of hydrogen-bond donors (Lipinski definition) is 4. The van der Waals surface area contributed by atoms with Crippen molar-refractivity contribution in [2.45, 2.75) is 44.5 Å². The highest BCUT2D eigenvalue weighted by molar-refractivity contribution is 5.89.